The molecule has 0 aliphatic heterocycles. The van der Waals surface area contributed by atoms with Crippen molar-refractivity contribution in [1.82, 2.24) is 0 Å². The molecular formula is C41H84NO2+. The molecule has 1 N–H and O–H groups in total. The Morgan fingerprint density at radius 1 is 0.455 bits per heavy atom. The molecular weight excluding hydrogens is 538 g/mol. The van der Waals surface area contributed by atoms with Crippen molar-refractivity contribution in [3.05, 3.63) is 0 Å². The number of hydrogen-bond acceptors (Lipinski definition) is 2. The van der Waals surface area contributed by atoms with Gasteiger partial charge >= 0.3 is 0 Å². The van der Waals surface area contributed by atoms with E-state index < -0.39 is 6.10 Å². The SMILES string of the molecule is CCCCCCCCCCCCCCCCCC[N+](C)(C)CC(O)CC(=O)CCCCCCCCCCCCCCCCC. The summed E-state index contributed by atoms with van der Waals surface area (Å²) in [6, 6.07) is 0. The summed E-state index contributed by atoms with van der Waals surface area (Å²) in [4.78, 5) is 12.4. The van der Waals surface area contributed by atoms with Crippen LogP contribution in [-0.2, 0) is 4.79 Å². The van der Waals surface area contributed by atoms with Crippen LogP contribution in [0.1, 0.15) is 226 Å². The van der Waals surface area contributed by atoms with Crippen LogP contribution in [0.3, 0.4) is 0 Å². The minimum atomic E-state index is -0.491. The number of Topliss-reactive ketones (excluding diaryl/α,β-unsaturated/α-hetero) is 1. The molecule has 3 heteroatoms. The molecule has 1 atom stereocenters. The third-order valence-corrected chi connectivity index (χ3v) is 9.84. The van der Waals surface area contributed by atoms with Crippen LogP contribution in [-0.4, -0.2) is 48.7 Å². The van der Waals surface area contributed by atoms with E-state index in [2.05, 4.69) is 27.9 Å². The van der Waals surface area contributed by atoms with Crippen molar-refractivity contribution in [2.45, 2.75) is 232 Å². The Morgan fingerprint density at radius 3 is 1.05 bits per heavy atom. The molecule has 0 radical (unpaired) electrons. The summed E-state index contributed by atoms with van der Waals surface area (Å²) >= 11 is 0. The Labute approximate surface area is 278 Å². The zero-order valence-electron chi connectivity index (χ0n) is 31.1. The first-order valence-corrected chi connectivity index (χ1v) is 20.4. The number of carbonyl (C=O) groups excluding carboxylic acids is 1. The fourth-order valence-corrected chi connectivity index (χ4v) is 6.87. The molecule has 1 unspecified atom stereocenters. The van der Waals surface area contributed by atoms with Crippen molar-refractivity contribution < 1.29 is 14.4 Å². The highest BCUT2D eigenvalue weighted by molar-refractivity contribution is 5.78. The van der Waals surface area contributed by atoms with E-state index in [0.717, 1.165) is 17.4 Å². The van der Waals surface area contributed by atoms with Gasteiger partial charge in [-0.05, 0) is 19.3 Å². The molecule has 264 valence electrons. The second-order valence-corrected chi connectivity index (χ2v) is 15.2. The lowest BCUT2D eigenvalue weighted by Gasteiger charge is -2.31. The van der Waals surface area contributed by atoms with E-state index in [9.17, 15) is 9.90 Å². The molecule has 0 aliphatic rings. The number of unbranched alkanes of at least 4 members (excludes halogenated alkanes) is 29. The number of likely N-dealkylation sites (N-methyl/N-ethyl adjacent to an activating group) is 1. The van der Waals surface area contributed by atoms with Crippen molar-refractivity contribution in [1.29, 1.82) is 0 Å². The van der Waals surface area contributed by atoms with Crippen molar-refractivity contribution in [3.8, 4) is 0 Å². The lowest BCUT2D eigenvalue weighted by atomic mass is 10.0. The molecule has 0 aliphatic carbocycles. The molecule has 3 nitrogen and oxygen atoms in total. The maximum absolute atomic E-state index is 12.4. The molecule has 0 aromatic carbocycles. The normalized spacial score (nSPS) is 12.7. The summed E-state index contributed by atoms with van der Waals surface area (Å²) in [5, 5.41) is 10.6. The summed E-state index contributed by atoms with van der Waals surface area (Å²) < 4.78 is 0.825. The van der Waals surface area contributed by atoms with Crippen LogP contribution in [0, 0.1) is 0 Å². The van der Waals surface area contributed by atoms with Gasteiger partial charge in [0, 0.05) is 12.8 Å². The number of rotatable bonds is 37. The van der Waals surface area contributed by atoms with E-state index >= 15 is 0 Å². The monoisotopic (exact) mass is 623 g/mol. The molecule has 44 heavy (non-hydrogen) atoms. The minimum Gasteiger partial charge on any atom is -0.387 e. The largest absolute Gasteiger partial charge is 0.387 e. The van der Waals surface area contributed by atoms with Gasteiger partial charge in [0.15, 0.2) is 0 Å². The minimum absolute atomic E-state index is 0.259. The van der Waals surface area contributed by atoms with E-state index in [1.165, 1.54) is 193 Å². The Morgan fingerprint density at radius 2 is 0.727 bits per heavy atom. The third kappa shape index (κ3) is 34.5. The van der Waals surface area contributed by atoms with Gasteiger partial charge < -0.3 is 9.59 Å². The maximum atomic E-state index is 12.4. The molecule has 0 saturated carbocycles. The van der Waals surface area contributed by atoms with Crippen LogP contribution in [0.4, 0.5) is 0 Å². The van der Waals surface area contributed by atoms with Crippen LogP contribution < -0.4 is 0 Å². The summed E-state index contributed by atoms with van der Waals surface area (Å²) in [5.74, 6) is 0.259. The van der Waals surface area contributed by atoms with Gasteiger partial charge in [0.25, 0.3) is 0 Å². The molecule has 0 saturated heterocycles. The first kappa shape index (κ1) is 43.6. The smallest absolute Gasteiger partial charge is 0.135 e. The second kappa shape index (κ2) is 33.9. The predicted octanol–water partition coefficient (Wildman–Crippen LogP) is 12.9. The summed E-state index contributed by atoms with van der Waals surface area (Å²) in [5.41, 5.74) is 0. The van der Waals surface area contributed by atoms with E-state index in [0.29, 0.717) is 19.4 Å². The maximum Gasteiger partial charge on any atom is 0.135 e. The fourth-order valence-electron chi connectivity index (χ4n) is 6.87. The van der Waals surface area contributed by atoms with Crippen LogP contribution in [0.5, 0.6) is 0 Å². The van der Waals surface area contributed by atoms with E-state index in [1.807, 2.05) is 0 Å². The first-order valence-electron chi connectivity index (χ1n) is 20.4. The Kier molecular flexibility index (Phi) is 33.6. The number of hydrogen-bond donors (Lipinski definition) is 1. The van der Waals surface area contributed by atoms with Gasteiger partial charge in [-0.2, -0.15) is 0 Å². The highest BCUT2D eigenvalue weighted by Gasteiger charge is 2.22. The molecule has 0 amide bonds. The molecule has 0 aromatic rings. The van der Waals surface area contributed by atoms with E-state index in [-0.39, 0.29) is 5.78 Å². The second-order valence-electron chi connectivity index (χ2n) is 15.2. The van der Waals surface area contributed by atoms with Crippen molar-refractivity contribution in [3.63, 3.8) is 0 Å². The van der Waals surface area contributed by atoms with Gasteiger partial charge in [0.05, 0.1) is 20.6 Å². The topological polar surface area (TPSA) is 37.3 Å². The first-order chi connectivity index (χ1) is 21.4. The van der Waals surface area contributed by atoms with Gasteiger partial charge in [0.1, 0.15) is 18.4 Å². The number of quaternary nitrogens is 1. The number of aliphatic hydroxyl groups is 1. The number of aliphatic hydroxyl groups excluding tert-OH is 1. The van der Waals surface area contributed by atoms with Crippen molar-refractivity contribution >= 4 is 5.78 Å². The van der Waals surface area contributed by atoms with Gasteiger partial charge in [0.2, 0.25) is 0 Å². The van der Waals surface area contributed by atoms with Crippen LogP contribution in [0.25, 0.3) is 0 Å². The Balaban J connectivity index is 3.50. The number of nitrogens with zero attached hydrogens (tertiary/aromatic N) is 1. The zero-order valence-corrected chi connectivity index (χ0v) is 31.1. The van der Waals surface area contributed by atoms with Crippen LogP contribution in [0.15, 0.2) is 0 Å². The number of carbonyl (C=O) groups is 1. The fraction of sp³-hybridized carbons (Fsp3) is 0.976. The average Bonchev–Trinajstić information content (AvgIpc) is 2.98. The Bertz CT molecular complexity index is 575. The molecule has 0 aromatic heterocycles. The number of ketones is 1. The van der Waals surface area contributed by atoms with Gasteiger partial charge in [-0.1, -0.05) is 194 Å². The summed E-state index contributed by atoms with van der Waals surface area (Å²) in [6.45, 7) is 6.38. The molecule has 0 bridgehead atoms. The van der Waals surface area contributed by atoms with Crippen LogP contribution >= 0.6 is 0 Å². The molecule has 0 fully saturated rings. The molecule has 0 spiro atoms. The van der Waals surface area contributed by atoms with E-state index in [4.69, 9.17) is 0 Å². The highest BCUT2D eigenvalue weighted by Crippen LogP contribution is 2.16. The quantitative estimate of drug-likeness (QED) is 0.0553. The predicted molar refractivity (Wildman–Crippen MR) is 197 cm³/mol. The van der Waals surface area contributed by atoms with Crippen molar-refractivity contribution in [2.24, 2.45) is 0 Å². The Hall–Kier alpha value is -0.410. The molecule has 0 rings (SSSR count). The van der Waals surface area contributed by atoms with Gasteiger partial charge in [-0.25, -0.2) is 0 Å². The average molecular weight is 623 g/mol. The zero-order chi connectivity index (χ0) is 32.4. The highest BCUT2D eigenvalue weighted by atomic mass is 16.3. The lowest BCUT2D eigenvalue weighted by Crippen LogP contribution is -2.46. The molecule has 0 heterocycles. The van der Waals surface area contributed by atoms with E-state index in [1.54, 1.807) is 0 Å². The summed E-state index contributed by atoms with van der Waals surface area (Å²) in [7, 11) is 4.43. The van der Waals surface area contributed by atoms with Crippen molar-refractivity contribution in [2.75, 3.05) is 27.2 Å². The van der Waals surface area contributed by atoms with Gasteiger partial charge in [-0.15, -0.1) is 0 Å². The summed E-state index contributed by atoms with van der Waals surface area (Å²) in [6.07, 6.45) is 43.1. The third-order valence-electron chi connectivity index (χ3n) is 9.84. The lowest BCUT2D eigenvalue weighted by molar-refractivity contribution is -0.893. The van der Waals surface area contributed by atoms with Gasteiger partial charge in [-0.3, -0.25) is 4.79 Å². The standard InChI is InChI=1S/C41H84NO2/c1-5-7-9-11-13-15-17-19-21-23-25-27-29-31-33-35-37-42(3,4)39-41(44)38-40(43)36-34-32-30-28-26-24-22-20-18-16-14-12-10-8-6-2/h41,44H,5-39H2,1-4H3/q+1. The van der Waals surface area contributed by atoms with Crippen LogP contribution in [0.2, 0.25) is 0 Å².